The van der Waals surface area contributed by atoms with E-state index in [9.17, 15) is 0 Å². The van der Waals surface area contributed by atoms with Gasteiger partial charge in [0.25, 0.3) is 0 Å². The van der Waals surface area contributed by atoms with Crippen molar-refractivity contribution in [3.05, 3.63) is 47.8 Å². The first-order valence-electron chi connectivity index (χ1n) is 6.42. The summed E-state index contributed by atoms with van der Waals surface area (Å²) in [7, 11) is 4.81. The molecule has 2 aromatic rings. The lowest BCUT2D eigenvalue weighted by atomic mass is 10.0. The molecular weight excluding hydrogens is 270 g/mol. The summed E-state index contributed by atoms with van der Waals surface area (Å²) < 4.78 is 16.0. The Morgan fingerprint density at radius 1 is 1.05 bits per heavy atom. The van der Waals surface area contributed by atoms with Gasteiger partial charge < -0.3 is 14.2 Å². The van der Waals surface area contributed by atoms with E-state index >= 15 is 0 Å². The SMILES string of the molecule is COc1ccc(OC)c(C(NN)c2ncccc2OC)c1. The lowest BCUT2D eigenvalue weighted by Gasteiger charge is -2.21. The van der Waals surface area contributed by atoms with Crippen molar-refractivity contribution < 1.29 is 14.2 Å². The van der Waals surface area contributed by atoms with E-state index in [2.05, 4.69) is 10.4 Å². The minimum absolute atomic E-state index is 0.383. The fourth-order valence-corrected chi connectivity index (χ4v) is 2.17. The molecule has 0 aliphatic heterocycles. The van der Waals surface area contributed by atoms with Gasteiger partial charge in [-0.15, -0.1) is 0 Å². The molecule has 0 bridgehead atoms. The summed E-state index contributed by atoms with van der Waals surface area (Å²) in [6.07, 6.45) is 1.69. The average molecular weight is 289 g/mol. The summed E-state index contributed by atoms with van der Waals surface area (Å²) in [4.78, 5) is 4.36. The predicted molar refractivity (Wildman–Crippen MR) is 79.5 cm³/mol. The molecule has 0 amide bonds. The number of nitrogens with zero attached hydrogens (tertiary/aromatic N) is 1. The lowest BCUT2D eigenvalue weighted by Crippen LogP contribution is -2.30. The topological polar surface area (TPSA) is 78.6 Å². The third kappa shape index (κ3) is 3.07. The van der Waals surface area contributed by atoms with Crippen LogP contribution in [0.5, 0.6) is 17.2 Å². The van der Waals surface area contributed by atoms with E-state index in [1.807, 2.05) is 24.3 Å². The number of aromatic nitrogens is 1. The first-order chi connectivity index (χ1) is 10.2. The Kier molecular flexibility index (Phi) is 4.97. The van der Waals surface area contributed by atoms with Crippen molar-refractivity contribution in [2.45, 2.75) is 6.04 Å². The number of methoxy groups -OCH3 is 3. The Balaban J connectivity index is 2.55. The molecular formula is C15H19N3O3. The van der Waals surface area contributed by atoms with Crippen molar-refractivity contribution in [2.75, 3.05) is 21.3 Å². The molecule has 0 aliphatic carbocycles. The van der Waals surface area contributed by atoms with Crippen LogP contribution in [0.2, 0.25) is 0 Å². The molecule has 1 heterocycles. The fourth-order valence-electron chi connectivity index (χ4n) is 2.17. The number of rotatable bonds is 6. The zero-order valence-corrected chi connectivity index (χ0v) is 12.3. The van der Waals surface area contributed by atoms with E-state index in [4.69, 9.17) is 20.1 Å². The molecule has 0 fully saturated rings. The second-order valence-corrected chi connectivity index (χ2v) is 4.30. The van der Waals surface area contributed by atoms with Crippen molar-refractivity contribution in [1.82, 2.24) is 10.4 Å². The quantitative estimate of drug-likeness (QED) is 0.622. The van der Waals surface area contributed by atoms with Gasteiger partial charge in [0.15, 0.2) is 0 Å². The minimum Gasteiger partial charge on any atom is -0.497 e. The van der Waals surface area contributed by atoms with E-state index in [0.717, 1.165) is 5.56 Å². The van der Waals surface area contributed by atoms with E-state index in [-0.39, 0.29) is 6.04 Å². The molecule has 6 heteroatoms. The molecule has 0 saturated heterocycles. The summed E-state index contributed by atoms with van der Waals surface area (Å²) in [5.74, 6) is 7.77. The maximum atomic E-state index is 5.73. The monoisotopic (exact) mass is 289 g/mol. The first kappa shape index (κ1) is 15.1. The molecule has 1 aromatic heterocycles. The van der Waals surface area contributed by atoms with Crippen LogP contribution >= 0.6 is 0 Å². The van der Waals surface area contributed by atoms with Gasteiger partial charge in [-0.05, 0) is 30.3 Å². The molecule has 1 atom stereocenters. The van der Waals surface area contributed by atoms with E-state index in [1.54, 1.807) is 33.6 Å². The van der Waals surface area contributed by atoms with Crippen LogP contribution in [0.3, 0.4) is 0 Å². The standard InChI is InChI=1S/C15H19N3O3/c1-19-10-6-7-12(20-2)11(9-10)14(18-16)15-13(21-3)5-4-8-17-15/h4-9,14,18H,16H2,1-3H3. The summed E-state index contributed by atoms with van der Waals surface area (Å²) >= 11 is 0. The van der Waals surface area contributed by atoms with Crippen molar-refractivity contribution in [3.8, 4) is 17.2 Å². The highest BCUT2D eigenvalue weighted by molar-refractivity contribution is 5.47. The summed E-state index contributed by atoms with van der Waals surface area (Å²) in [5.41, 5.74) is 4.25. The fraction of sp³-hybridized carbons (Fsp3) is 0.267. The normalized spacial score (nSPS) is 11.8. The first-order valence-corrected chi connectivity index (χ1v) is 6.42. The highest BCUT2D eigenvalue weighted by Crippen LogP contribution is 2.35. The van der Waals surface area contributed by atoms with Gasteiger partial charge in [-0.25, -0.2) is 5.43 Å². The Hall–Kier alpha value is -2.31. The van der Waals surface area contributed by atoms with Gasteiger partial charge in [0.1, 0.15) is 22.9 Å². The summed E-state index contributed by atoms with van der Waals surface area (Å²) in [6, 6.07) is 8.76. The maximum Gasteiger partial charge on any atom is 0.142 e. The van der Waals surface area contributed by atoms with Crippen molar-refractivity contribution in [2.24, 2.45) is 5.84 Å². The zero-order valence-electron chi connectivity index (χ0n) is 12.3. The van der Waals surface area contributed by atoms with Crippen LogP contribution in [0, 0.1) is 0 Å². The van der Waals surface area contributed by atoms with Crippen LogP contribution in [0.4, 0.5) is 0 Å². The smallest absolute Gasteiger partial charge is 0.142 e. The van der Waals surface area contributed by atoms with Gasteiger partial charge in [0.2, 0.25) is 0 Å². The molecule has 3 N–H and O–H groups in total. The minimum atomic E-state index is -0.383. The van der Waals surface area contributed by atoms with Crippen molar-refractivity contribution in [1.29, 1.82) is 0 Å². The highest BCUT2D eigenvalue weighted by atomic mass is 16.5. The average Bonchev–Trinajstić information content (AvgIpc) is 2.55. The van der Waals surface area contributed by atoms with Crippen LogP contribution < -0.4 is 25.5 Å². The van der Waals surface area contributed by atoms with E-state index in [0.29, 0.717) is 22.9 Å². The number of hydrogen-bond donors (Lipinski definition) is 2. The molecule has 21 heavy (non-hydrogen) atoms. The Morgan fingerprint density at radius 3 is 2.43 bits per heavy atom. The molecule has 6 nitrogen and oxygen atoms in total. The number of nitrogens with two attached hydrogens (primary N) is 1. The van der Waals surface area contributed by atoms with Crippen LogP contribution in [0.1, 0.15) is 17.3 Å². The number of hydrogen-bond acceptors (Lipinski definition) is 6. The largest absolute Gasteiger partial charge is 0.497 e. The van der Waals surface area contributed by atoms with Gasteiger partial charge in [-0.2, -0.15) is 0 Å². The number of ether oxygens (including phenoxy) is 3. The van der Waals surface area contributed by atoms with Gasteiger partial charge in [-0.1, -0.05) is 0 Å². The number of nitrogens with one attached hydrogen (secondary N) is 1. The Bertz CT molecular complexity index is 604. The third-order valence-electron chi connectivity index (χ3n) is 3.21. The van der Waals surface area contributed by atoms with Crippen LogP contribution in [0.15, 0.2) is 36.5 Å². The number of pyridine rings is 1. The lowest BCUT2D eigenvalue weighted by molar-refractivity contribution is 0.385. The van der Waals surface area contributed by atoms with E-state index < -0.39 is 0 Å². The molecule has 0 radical (unpaired) electrons. The highest BCUT2D eigenvalue weighted by Gasteiger charge is 2.22. The molecule has 112 valence electrons. The predicted octanol–water partition coefficient (Wildman–Crippen LogP) is 1.66. The van der Waals surface area contributed by atoms with Gasteiger partial charge in [0, 0.05) is 11.8 Å². The molecule has 0 saturated carbocycles. The molecule has 1 unspecified atom stereocenters. The van der Waals surface area contributed by atoms with E-state index in [1.165, 1.54) is 0 Å². The number of benzene rings is 1. The third-order valence-corrected chi connectivity index (χ3v) is 3.21. The van der Waals surface area contributed by atoms with Crippen molar-refractivity contribution >= 4 is 0 Å². The molecule has 2 rings (SSSR count). The molecule has 0 aliphatic rings. The maximum absolute atomic E-state index is 5.73. The molecule has 0 spiro atoms. The van der Waals surface area contributed by atoms with Gasteiger partial charge in [0.05, 0.1) is 27.4 Å². The molecule has 1 aromatic carbocycles. The summed E-state index contributed by atoms with van der Waals surface area (Å²) in [5, 5.41) is 0. The second kappa shape index (κ2) is 6.92. The Labute approximate surface area is 123 Å². The van der Waals surface area contributed by atoms with Gasteiger partial charge >= 0.3 is 0 Å². The summed E-state index contributed by atoms with van der Waals surface area (Å²) in [6.45, 7) is 0. The van der Waals surface area contributed by atoms with Crippen molar-refractivity contribution in [3.63, 3.8) is 0 Å². The van der Waals surface area contributed by atoms with Gasteiger partial charge in [-0.3, -0.25) is 10.8 Å². The van der Waals surface area contributed by atoms with Crippen LogP contribution in [-0.4, -0.2) is 26.3 Å². The second-order valence-electron chi connectivity index (χ2n) is 4.30. The van der Waals surface area contributed by atoms with Crippen LogP contribution in [-0.2, 0) is 0 Å². The Morgan fingerprint density at radius 2 is 1.81 bits per heavy atom. The zero-order chi connectivity index (χ0) is 15.2. The number of hydrazine groups is 1. The van der Waals surface area contributed by atoms with Crippen LogP contribution in [0.25, 0.3) is 0 Å².